The largest absolute Gasteiger partial charge is 0.396 e. The van der Waals surface area contributed by atoms with Gasteiger partial charge >= 0.3 is 0 Å². The number of nitrogens with one attached hydrogen (secondary N) is 2. The molecule has 1 aliphatic rings. The Kier molecular flexibility index (Phi) is 6.75. The Morgan fingerprint density at radius 3 is 2.79 bits per heavy atom. The number of likely N-dealkylation sites (N-methyl/N-ethyl adjacent to an activating group) is 1. The topological polar surface area (TPSA) is 70.6 Å². The molecule has 1 fully saturated rings. The Morgan fingerprint density at radius 1 is 1.42 bits per heavy atom. The maximum atomic E-state index is 12.2. The van der Waals surface area contributed by atoms with Gasteiger partial charge in [-0.2, -0.15) is 0 Å². The molecule has 1 amide bonds. The predicted molar refractivity (Wildman–Crippen MR) is 74.9 cm³/mol. The molecule has 1 rings (SSSR count). The third kappa shape index (κ3) is 5.47. The van der Waals surface area contributed by atoms with E-state index in [1.807, 2.05) is 6.92 Å². The van der Waals surface area contributed by atoms with Gasteiger partial charge in [-0.3, -0.25) is 4.79 Å². The molecule has 0 spiro atoms. The first-order chi connectivity index (χ1) is 9.00. The van der Waals surface area contributed by atoms with Crippen molar-refractivity contribution in [3.8, 4) is 0 Å². The summed E-state index contributed by atoms with van der Waals surface area (Å²) < 4.78 is 5.38. The number of hydrogen-bond donors (Lipinski definition) is 3. The molecule has 0 bridgehead atoms. The molecule has 1 aliphatic heterocycles. The van der Waals surface area contributed by atoms with E-state index < -0.39 is 0 Å². The fourth-order valence-corrected chi connectivity index (χ4v) is 2.38. The number of aliphatic hydroxyl groups excluding tert-OH is 1. The highest BCUT2D eigenvalue weighted by molar-refractivity contribution is 5.79. The zero-order valence-corrected chi connectivity index (χ0v) is 12.4. The lowest BCUT2D eigenvalue weighted by Crippen LogP contribution is -2.46. The van der Waals surface area contributed by atoms with Crippen LogP contribution in [0.15, 0.2) is 0 Å². The van der Waals surface area contributed by atoms with Gasteiger partial charge in [0.05, 0.1) is 19.1 Å². The number of ether oxygens (including phenoxy) is 1. The molecule has 0 aromatic carbocycles. The van der Waals surface area contributed by atoms with Crippen LogP contribution in [0.25, 0.3) is 0 Å². The summed E-state index contributed by atoms with van der Waals surface area (Å²) >= 11 is 0. The predicted octanol–water partition coefficient (Wildman–Crippen LogP) is 0.526. The lowest BCUT2D eigenvalue weighted by Gasteiger charge is -2.26. The Hall–Kier alpha value is -0.650. The molecular weight excluding hydrogens is 244 g/mol. The van der Waals surface area contributed by atoms with Crippen molar-refractivity contribution in [1.82, 2.24) is 10.6 Å². The Labute approximate surface area is 116 Å². The minimum Gasteiger partial charge on any atom is -0.396 e. The van der Waals surface area contributed by atoms with Crippen LogP contribution in [0.1, 0.15) is 33.6 Å². The van der Waals surface area contributed by atoms with Crippen molar-refractivity contribution < 1.29 is 14.6 Å². The van der Waals surface area contributed by atoms with E-state index in [0.29, 0.717) is 19.8 Å². The van der Waals surface area contributed by atoms with Gasteiger partial charge < -0.3 is 20.5 Å². The normalized spacial score (nSPS) is 23.6. The van der Waals surface area contributed by atoms with Gasteiger partial charge in [0.15, 0.2) is 0 Å². The van der Waals surface area contributed by atoms with Crippen LogP contribution in [0.5, 0.6) is 0 Å². The SMILES string of the molecule is CCNC1COCC1C(=O)NCC(C)(C)CCCO. The first kappa shape index (κ1) is 16.4. The molecule has 19 heavy (non-hydrogen) atoms. The molecule has 5 heteroatoms. The summed E-state index contributed by atoms with van der Waals surface area (Å²) in [5.41, 5.74) is 0.0194. The molecule has 112 valence electrons. The molecule has 0 radical (unpaired) electrons. The van der Waals surface area contributed by atoms with Gasteiger partial charge in [-0.15, -0.1) is 0 Å². The zero-order valence-electron chi connectivity index (χ0n) is 12.4. The maximum Gasteiger partial charge on any atom is 0.227 e. The van der Waals surface area contributed by atoms with Crippen LogP contribution >= 0.6 is 0 Å². The summed E-state index contributed by atoms with van der Waals surface area (Å²) in [6, 6.07) is 0.130. The Bertz CT molecular complexity index is 282. The van der Waals surface area contributed by atoms with E-state index in [9.17, 15) is 4.79 Å². The Balaban J connectivity index is 2.37. The van der Waals surface area contributed by atoms with Crippen molar-refractivity contribution in [1.29, 1.82) is 0 Å². The molecule has 0 saturated carbocycles. The van der Waals surface area contributed by atoms with Crippen molar-refractivity contribution in [2.45, 2.75) is 39.7 Å². The number of rotatable bonds is 8. The zero-order chi connectivity index (χ0) is 14.3. The highest BCUT2D eigenvalue weighted by Crippen LogP contribution is 2.21. The van der Waals surface area contributed by atoms with E-state index in [1.165, 1.54) is 0 Å². The van der Waals surface area contributed by atoms with Crippen molar-refractivity contribution >= 4 is 5.91 Å². The maximum absolute atomic E-state index is 12.2. The number of aliphatic hydroxyl groups is 1. The summed E-state index contributed by atoms with van der Waals surface area (Å²) in [6.45, 7) is 9.05. The molecule has 2 unspecified atom stereocenters. The van der Waals surface area contributed by atoms with Gasteiger partial charge in [-0.1, -0.05) is 20.8 Å². The minimum atomic E-state index is -0.0893. The van der Waals surface area contributed by atoms with Crippen molar-refractivity contribution in [2.24, 2.45) is 11.3 Å². The molecule has 1 saturated heterocycles. The van der Waals surface area contributed by atoms with E-state index in [1.54, 1.807) is 0 Å². The fourth-order valence-electron chi connectivity index (χ4n) is 2.38. The summed E-state index contributed by atoms with van der Waals surface area (Å²) in [4.78, 5) is 12.2. The molecule has 0 aromatic heterocycles. The summed E-state index contributed by atoms with van der Waals surface area (Å²) in [7, 11) is 0. The Morgan fingerprint density at radius 2 is 2.16 bits per heavy atom. The van der Waals surface area contributed by atoms with Crippen molar-refractivity contribution in [3.63, 3.8) is 0 Å². The fraction of sp³-hybridized carbons (Fsp3) is 0.929. The van der Waals surface area contributed by atoms with Gasteiger partial charge in [0, 0.05) is 19.2 Å². The average Bonchev–Trinajstić information content (AvgIpc) is 2.82. The van der Waals surface area contributed by atoms with E-state index >= 15 is 0 Å². The van der Waals surface area contributed by atoms with Gasteiger partial charge in [0.2, 0.25) is 5.91 Å². The molecule has 0 aromatic rings. The molecule has 5 nitrogen and oxygen atoms in total. The van der Waals surface area contributed by atoms with E-state index in [4.69, 9.17) is 9.84 Å². The van der Waals surface area contributed by atoms with Crippen LogP contribution in [0.2, 0.25) is 0 Å². The molecule has 1 heterocycles. The van der Waals surface area contributed by atoms with Crippen LogP contribution < -0.4 is 10.6 Å². The van der Waals surface area contributed by atoms with Gasteiger partial charge in [-0.25, -0.2) is 0 Å². The molecular formula is C14H28N2O3. The first-order valence-electron chi connectivity index (χ1n) is 7.20. The smallest absolute Gasteiger partial charge is 0.227 e. The standard InChI is InChI=1S/C14H28N2O3/c1-4-15-12-9-19-8-11(12)13(18)16-10-14(2,3)6-5-7-17/h11-12,15,17H,4-10H2,1-3H3,(H,16,18). The minimum absolute atomic E-state index is 0.0194. The average molecular weight is 272 g/mol. The molecule has 3 N–H and O–H groups in total. The van der Waals surface area contributed by atoms with E-state index in [-0.39, 0.29) is 29.9 Å². The lowest BCUT2D eigenvalue weighted by atomic mass is 9.87. The second-order valence-electron chi connectivity index (χ2n) is 6.02. The molecule has 0 aliphatic carbocycles. The van der Waals surface area contributed by atoms with Gasteiger partial charge in [0.1, 0.15) is 0 Å². The molecule has 2 atom stereocenters. The highest BCUT2D eigenvalue weighted by atomic mass is 16.5. The van der Waals surface area contributed by atoms with Crippen LogP contribution in [0, 0.1) is 11.3 Å². The van der Waals surface area contributed by atoms with Crippen LogP contribution in [-0.2, 0) is 9.53 Å². The summed E-state index contributed by atoms with van der Waals surface area (Å²) in [5.74, 6) is -0.0193. The first-order valence-corrected chi connectivity index (χ1v) is 7.20. The third-order valence-corrected chi connectivity index (χ3v) is 3.64. The van der Waals surface area contributed by atoms with Gasteiger partial charge in [0.25, 0.3) is 0 Å². The highest BCUT2D eigenvalue weighted by Gasteiger charge is 2.33. The number of carbonyl (C=O) groups excluding carboxylic acids is 1. The second kappa shape index (κ2) is 7.82. The third-order valence-electron chi connectivity index (χ3n) is 3.64. The monoisotopic (exact) mass is 272 g/mol. The van der Waals surface area contributed by atoms with Crippen molar-refractivity contribution in [3.05, 3.63) is 0 Å². The quantitative estimate of drug-likeness (QED) is 0.603. The van der Waals surface area contributed by atoms with Gasteiger partial charge in [-0.05, 0) is 24.8 Å². The number of carbonyl (C=O) groups is 1. The van der Waals surface area contributed by atoms with Crippen LogP contribution in [-0.4, -0.2) is 50.0 Å². The number of hydrogen-bond acceptors (Lipinski definition) is 4. The second-order valence-corrected chi connectivity index (χ2v) is 6.02. The lowest BCUT2D eigenvalue weighted by molar-refractivity contribution is -0.125. The van der Waals surface area contributed by atoms with Crippen LogP contribution in [0.4, 0.5) is 0 Å². The number of amides is 1. The summed E-state index contributed by atoms with van der Waals surface area (Å²) in [5, 5.41) is 15.2. The van der Waals surface area contributed by atoms with E-state index in [0.717, 1.165) is 19.4 Å². The van der Waals surface area contributed by atoms with E-state index in [2.05, 4.69) is 24.5 Å². The van der Waals surface area contributed by atoms with Crippen molar-refractivity contribution in [2.75, 3.05) is 32.9 Å². The van der Waals surface area contributed by atoms with Crippen LogP contribution in [0.3, 0.4) is 0 Å². The summed E-state index contributed by atoms with van der Waals surface area (Å²) in [6.07, 6.45) is 1.68.